The normalized spacial score (nSPS) is 14.4. The van der Waals surface area contributed by atoms with Crippen LogP contribution in [0, 0.1) is 0 Å². The molecule has 0 spiro atoms. The lowest BCUT2D eigenvalue weighted by atomic mass is 9.81. The van der Waals surface area contributed by atoms with Crippen LogP contribution in [0.4, 0.5) is 0 Å². The molecule has 1 aromatic heterocycles. The number of benzene rings is 8. The molecule has 0 radical (unpaired) electrons. The van der Waals surface area contributed by atoms with Crippen LogP contribution in [0.2, 0.25) is 0 Å². The second-order valence-electron chi connectivity index (χ2n) is 16.6. The van der Waals surface area contributed by atoms with Gasteiger partial charge in [0.15, 0.2) is 5.82 Å². The highest BCUT2D eigenvalue weighted by Gasteiger charge is 2.38. The molecule has 2 nitrogen and oxygen atoms in total. The summed E-state index contributed by atoms with van der Waals surface area (Å²) in [6.45, 7) is 9.38. The first-order valence-corrected chi connectivity index (χ1v) is 19.7. The molecule has 0 fully saturated rings. The maximum Gasteiger partial charge on any atom is 0.160 e. The summed E-state index contributed by atoms with van der Waals surface area (Å²) in [6, 6.07) is 62.1. The number of aromatic nitrogens is 2. The first-order valence-electron chi connectivity index (χ1n) is 19.7. The van der Waals surface area contributed by atoms with Crippen molar-refractivity contribution in [2.45, 2.75) is 38.5 Å². The fourth-order valence-electron chi connectivity index (χ4n) is 9.79. The highest BCUT2D eigenvalue weighted by Crippen LogP contribution is 2.53. The fourth-order valence-corrected chi connectivity index (χ4v) is 9.79. The Morgan fingerprint density at radius 1 is 0.339 bits per heavy atom. The summed E-state index contributed by atoms with van der Waals surface area (Å²) >= 11 is 0. The van der Waals surface area contributed by atoms with Gasteiger partial charge in [-0.1, -0.05) is 173 Å². The lowest BCUT2D eigenvalue weighted by Gasteiger charge is -2.22. The molecule has 266 valence electrons. The summed E-state index contributed by atoms with van der Waals surface area (Å²) in [4.78, 5) is 10.6. The molecule has 0 aliphatic heterocycles. The van der Waals surface area contributed by atoms with E-state index in [2.05, 4.69) is 191 Å². The van der Waals surface area contributed by atoms with Gasteiger partial charge in [0.2, 0.25) is 0 Å². The Hall–Kier alpha value is -6.64. The molecular formula is C54H40N2. The second-order valence-corrected chi connectivity index (χ2v) is 16.6. The number of rotatable bonds is 4. The molecule has 2 aliphatic carbocycles. The molecule has 8 aromatic carbocycles. The van der Waals surface area contributed by atoms with Gasteiger partial charge in [-0.2, -0.15) is 0 Å². The van der Waals surface area contributed by atoms with E-state index in [1.165, 1.54) is 77.2 Å². The number of nitrogens with zero attached hydrogens (tertiary/aromatic N) is 2. The molecule has 11 rings (SSSR count). The monoisotopic (exact) mass is 716 g/mol. The average molecular weight is 717 g/mol. The van der Waals surface area contributed by atoms with E-state index in [-0.39, 0.29) is 10.8 Å². The number of fused-ring (bicyclic) bond motifs is 8. The van der Waals surface area contributed by atoms with Crippen LogP contribution in [0.1, 0.15) is 49.9 Å². The molecule has 1 heterocycles. The SMILES string of the molecule is CC1(C)c2ccc(-c3ccc(-c4cc(-c5cccc6c5-c5ccccc5C6(C)C)nc(-c5ccccc5)n4)c4ccccc34)cc2-c2cc3ccccc3cc21. The van der Waals surface area contributed by atoms with Gasteiger partial charge in [0, 0.05) is 27.5 Å². The summed E-state index contributed by atoms with van der Waals surface area (Å²) in [6.07, 6.45) is 0. The molecule has 9 aromatic rings. The molecule has 0 amide bonds. The van der Waals surface area contributed by atoms with Crippen LogP contribution in [-0.2, 0) is 10.8 Å². The predicted molar refractivity (Wildman–Crippen MR) is 234 cm³/mol. The van der Waals surface area contributed by atoms with E-state index >= 15 is 0 Å². The van der Waals surface area contributed by atoms with Gasteiger partial charge in [0.25, 0.3) is 0 Å². The van der Waals surface area contributed by atoms with Crippen LogP contribution in [0.15, 0.2) is 170 Å². The van der Waals surface area contributed by atoms with Gasteiger partial charge < -0.3 is 0 Å². The molecule has 2 heteroatoms. The Balaban J connectivity index is 1.10. The van der Waals surface area contributed by atoms with Gasteiger partial charge in [-0.3, -0.25) is 0 Å². The van der Waals surface area contributed by atoms with Gasteiger partial charge in [-0.05, 0) is 101 Å². The molecule has 56 heavy (non-hydrogen) atoms. The second kappa shape index (κ2) is 11.9. The van der Waals surface area contributed by atoms with Crippen molar-refractivity contribution in [2.75, 3.05) is 0 Å². The summed E-state index contributed by atoms with van der Waals surface area (Å²) < 4.78 is 0. The van der Waals surface area contributed by atoms with Crippen molar-refractivity contribution in [2.24, 2.45) is 0 Å². The minimum Gasteiger partial charge on any atom is -0.228 e. The Labute approximate surface area is 328 Å². The van der Waals surface area contributed by atoms with Gasteiger partial charge >= 0.3 is 0 Å². The topological polar surface area (TPSA) is 25.8 Å². The van der Waals surface area contributed by atoms with Gasteiger partial charge in [-0.25, -0.2) is 9.97 Å². The van der Waals surface area contributed by atoms with Gasteiger partial charge in [0.05, 0.1) is 11.4 Å². The average Bonchev–Trinajstić information content (AvgIpc) is 3.61. The summed E-state index contributed by atoms with van der Waals surface area (Å²) in [5.74, 6) is 0.724. The molecule has 0 atom stereocenters. The highest BCUT2D eigenvalue weighted by atomic mass is 14.9. The van der Waals surface area contributed by atoms with E-state index in [1.807, 2.05) is 6.07 Å². The van der Waals surface area contributed by atoms with Crippen LogP contribution in [0.25, 0.3) is 88.8 Å². The first kappa shape index (κ1) is 32.8. The molecule has 0 saturated heterocycles. The Bertz CT molecular complexity index is 3080. The zero-order chi connectivity index (χ0) is 37.8. The van der Waals surface area contributed by atoms with Crippen LogP contribution in [0.3, 0.4) is 0 Å². The van der Waals surface area contributed by atoms with Crippen molar-refractivity contribution < 1.29 is 0 Å². The lowest BCUT2D eigenvalue weighted by Crippen LogP contribution is -2.14. The van der Waals surface area contributed by atoms with Gasteiger partial charge in [0.1, 0.15) is 0 Å². The number of hydrogen-bond acceptors (Lipinski definition) is 2. The van der Waals surface area contributed by atoms with Crippen molar-refractivity contribution in [1.82, 2.24) is 9.97 Å². The van der Waals surface area contributed by atoms with E-state index in [4.69, 9.17) is 9.97 Å². The van der Waals surface area contributed by atoms with Crippen molar-refractivity contribution in [3.05, 3.63) is 192 Å². The maximum absolute atomic E-state index is 5.32. The van der Waals surface area contributed by atoms with Crippen LogP contribution < -0.4 is 0 Å². The smallest absolute Gasteiger partial charge is 0.160 e. The van der Waals surface area contributed by atoms with Crippen molar-refractivity contribution in [3.8, 4) is 67.3 Å². The number of hydrogen-bond donors (Lipinski definition) is 0. The van der Waals surface area contributed by atoms with Crippen molar-refractivity contribution in [3.63, 3.8) is 0 Å². The Kier molecular flexibility index (Phi) is 6.98. The third-order valence-electron chi connectivity index (χ3n) is 12.7. The van der Waals surface area contributed by atoms with Crippen LogP contribution in [-0.4, -0.2) is 9.97 Å². The van der Waals surface area contributed by atoms with Gasteiger partial charge in [-0.15, -0.1) is 0 Å². The van der Waals surface area contributed by atoms with E-state index < -0.39 is 0 Å². The molecular weight excluding hydrogens is 677 g/mol. The highest BCUT2D eigenvalue weighted by molar-refractivity contribution is 6.06. The predicted octanol–water partition coefficient (Wildman–Crippen LogP) is 14.1. The first-order chi connectivity index (χ1) is 27.3. The third kappa shape index (κ3) is 4.75. The molecule has 0 unspecified atom stereocenters. The molecule has 0 saturated carbocycles. The minimum absolute atomic E-state index is 0.0724. The molecule has 2 aliphatic rings. The zero-order valence-corrected chi connectivity index (χ0v) is 32.1. The van der Waals surface area contributed by atoms with Crippen LogP contribution >= 0.6 is 0 Å². The molecule has 0 bridgehead atoms. The Morgan fingerprint density at radius 3 is 1.71 bits per heavy atom. The summed E-state index contributed by atoms with van der Waals surface area (Å²) in [5, 5.41) is 4.95. The Morgan fingerprint density at radius 2 is 0.911 bits per heavy atom. The summed E-state index contributed by atoms with van der Waals surface area (Å²) in [5.41, 5.74) is 18.0. The standard InChI is InChI=1S/C54H40N2/c1-53(2)45-23-13-12-21-41(45)51-42(22-14-24-47(51)53)50-32-49(55-52(56-50)33-15-6-5-7-16-33)40-27-26-37(38-19-10-11-20-39(38)40)36-25-28-46-43(30-36)44-29-34-17-8-9-18-35(34)31-48(44)54(46,3)4/h5-32H,1-4H3. The minimum atomic E-state index is -0.102. The largest absolute Gasteiger partial charge is 0.228 e. The van der Waals surface area contributed by atoms with E-state index in [0.717, 1.165) is 33.9 Å². The fraction of sp³-hybridized carbons (Fsp3) is 0.111. The molecule has 0 N–H and O–H groups in total. The van der Waals surface area contributed by atoms with Crippen molar-refractivity contribution >= 4 is 21.5 Å². The quantitative estimate of drug-likeness (QED) is 0.181. The summed E-state index contributed by atoms with van der Waals surface area (Å²) in [7, 11) is 0. The van der Waals surface area contributed by atoms with E-state index in [0.29, 0.717) is 0 Å². The zero-order valence-electron chi connectivity index (χ0n) is 32.1. The maximum atomic E-state index is 5.32. The van der Waals surface area contributed by atoms with E-state index in [1.54, 1.807) is 0 Å². The van der Waals surface area contributed by atoms with E-state index in [9.17, 15) is 0 Å². The lowest BCUT2D eigenvalue weighted by molar-refractivity contribution is 0.660. The third-order valence-corrected chi connectivity index (χ3v) is 12.7. The van der Waals surface area contributed by atoms with Crippen LogP contribution in [0.5, 0.6) is 0 Å². The van der Waals surface area contributed by atoms with Crippen molar-refractivity contribution in [1.29, 1.82) is 0 Å².